The monoisotopic (exact) mass is 345 g/mol. The lowest BCUT2D eigenvalue weighted by Gasteiger charge is -2.20. The maximum absolute atomic E-state index is 12.9. The van der Waals surface area contributed by atoms with Crippen LogP contribution < -0.4 is 5.32 Å². The number of nitrogens with zero attached hydrogens (tertiary/aromatic N) is 2. The fourth-order valence-corrected chi connectivity index (χ4v) is 3.40. The van der Waals surface area contributed by atoms with E-state index in [0.29, 0.717) is 23.4 Å². The number of hydrogen-bond acceptors (Lipinski definition) is 4. The van der Waals surface area contributed by atoms with Crippen molar-refractivity contribution in [2.24, 2.45) is 0 Å². The lowest BCUT2D eigenvalue weighted by Crippen LogP contribution is -2.31. The molecule has 3 aromatic rings. The maximum Gasteiger partial charge on any atom is 0.253 e. The normalized spacial score (nSPS) is 12.3. The number of ketones is 1. The molecule has 0 spiro atoms. The number of likely N-dealkylation sites (N-methyl/N-ethyl adjacent to an activating group) is 1. The highest BCUT2D eigenvalue weighted by atomic mass is 16.1. The zero-order valence-electron chi connectivity index (χ0n) is 14.7. The van der Waals surface area contributed by atoms with Crippen LogP contribution in [0.25, 0.3) is 21.9 Å². The fraction of sp³-hybridized carbons (Fsp3) is 0.190. The SMILES string of the molecule is CN(C)CCNC(=O)c1cnc2c3c(cccc13)-c1ccccc1C2=O. The molecule has 1 N–H and O–H groups in total. The van der Waals surface area contributed by atoms with E-state index < -0.39 is 0 Å². The molecule has 130 valence electrons. The van der Waals surface area contributed by atoms with Crippen molar-refractivity contribution >= 4 is 22.5 Å². The van der Waals surface area contributed by atoms with Gasteiger partial charge in [-0.2, -0.15) is 0 Å². The van der Waals surface area contributed by atoms with Gasteiger partial charge in [0.2, 0.25) is 5.78 Å². The van der Waals surface area contributed by atoms with Gasteiger partial charge >= 0.3 is 0 Å². The first-order chi connectivity index (χ1) is 12.6. The van der Waals surface area contributed by atoms with E-state index >= 15 is 0 Å². The molecule has 1 aliphatic carbocycles. The summed E-state index contributed by atoms with van der Waals surface area (Å²) in [4.78, 5) is 31.9. The van der Waals surface area contributed by atoms with Gasteiger partial charge in [-0.05, 0) is 30.6 Å². The highest BCUT2D eigenvalue weighted by Gasteiger charge is 2.27. The molecule has 0 radical (unpaired) electrons. The first-order valence-electron chi connectivity index (χ1n) is 8.56. The van der Waals surface area contributed by atoms with Crippen LogP contribution in [-0.4, -0.2) is 48.8 Å². The third-order valence-electron chi connectivity index (χ3n) is 4.68. The van der Waals surface area contributed by atoms with Crippen LogP contribution >= 0.6 is 0 Å². The van der Waals surface area contributed by atoms with Gasteiger partial charge in [0.15, 0.2) is 0 Å². The van der Waals surface area contributed by atoms with Gasteiger partial charge in [0.25, 0.3) is 5.91 Å². The first-order valence-corrected chi connectivity index (χ1v) is 8.56. The minimum Gasteiger partial charge on any atom is -0.351 e. The molecule has 0 unspecified atom stereocenters. The van der Waals surface area contributed by atoms with Crippen molar-refractivity contribution in [2.45, 2.75) is 0 Å². The number of hydrogen-bond donors (Lipinski definition) is 1. The molecular formula is C21H19N3O2. The van der Waals surface area contributed by atoms with Gasteiger partial charge in [0, 0.05) is 30.2 Å². The van der Waals surface area contributed by atoms with Crippen molar-refractivity contribution in [3.05, 3.63) is 65.5 Å². The Morgan fingerprint density at radius 1 is 1.04 bits per heavy atom. The quantitative estimate of drug-likeness (QED) is 0.618. The largest absolute Gasteiger partial charge is 0.351 e. The van der Waals surface area contributed by atoms with Crippen LogP contribution in [0.15, 0.2) is 48.7 Å². The van der Waals surface area contributed by atoms with E-state index in [0.717, 1.165) is 28.4 Å². The summed E-state index contributed by atoms with van der Waals surface area (Å²) in [5.74, 6) is -0.266. The minimum atomic E-state index is -0.172. The summed E-state index contributed by atoms with van der Waals surface area (Å²) >= 11 is 0. The Morgan fingerprint density at radius 3 is 2.54 bits per heavy atom. The molecule has 5 heteroatoms. The van der Waals surface area contributed by atoms with E-state index in [4.69, 9.17) is 0 Å². The minimum absolute atomic E-state index is 0.0936. The predicted molar refractivity (Wildman–Crippen MR) is 101 cm³/mol. The molecule has 0 fully saturated rings. The Balaban J connectivity index is 1.85. The molecule has 1 aromatic heterocycles. The van der Waals surface area contributed by atoms with Crippen LogP contribution in [0.5, 0.6) is 0 Å². The van der Waals surface area contributed by atoms with Crippen LogP contribution in [0.3, 0.4) is 0 Å². The van der Waals surface area contributed by atoms with Crippen molar-refractivity contribution in [1.82, 2.24) is 15.2 Å². The molecule has 0 saturated heterocycles. The van der Waals surface area contributed by atoms with E-state index in [1.54, 1.807) is 0 Å². The van der Waals surface area contributed by atoms with Crippen LogP contribution in [0.1, 0.15) is 26.4 Å². The maximum atomic E-state index is 12.9. The summed E-state index contributed by atoms with van der Waals surface area (Å²) in [5, 5.41) is 4.44. The summed E-state index contributed by atoms with van der Waals surface area (Å²) in [6, 6.07) is 13.3. The smallest absolute Gasteiger partial charge is 0.253 e. The molecule has 5 nitrogen and oxygen atoms in total. The van der Waals surface area contributed by atoms with Gasteiger partial charge in [-0.3, -0.25) is 14.6 Å². The van der Waals surface area contributed by atoms with E-state index in [9.17, 15) is 9.59 Å². The number of amides is 1. The lowest BCUT2D eigenvalue weighted by atomic mass is 9.84. The molecule has 0 saturated carbocycles. The van der Waals surface area contributed by atoms with Crippen molar-refractivity contribution < 1.29 is 9.59 Å². The zero-order chi connectivity index (χ0) is 18.3. The number of pyridine rings is 1. The average molecular weight is 345 g/mol. The first kappa shape index (κ1) is 16.4. The van der Waals surface area contributed by atoms with E-state index in [2.05, 4.69) is 10.3 Å². The lowest BCUT2D eigenvalue weighted by molar-refractivity contribution is 0.0950. The van der Waals surface area contributed by atoms with E-state index in [1.807, 2.05) is 61.5 Å². The third-order valence-corrected chi connectivity index (χ3v) is 4.68. The number of nitrogens with one attached hydrogen (secondary N) is 1. The molecule has 4 rings (SSSR count). The second-order valence-corrected chi connectivity index (χ2v) is 6.68. The van der Waals surface area contributed by atoms with Gasteiger partial charge in [-0.25, -0.2) is 0 Å². The fourth-order valence-electron chi connectivity index (χ4n) is 3.40. The van der Waals surface area contributed by atoms with Crippen molar-refractivity contribution in [3.63, 3.8) is 0 Å². The molecule has 0 bridgehead atoms. The molecule has 26 heavy (non-hydrogen) atoms. The highest BCUT2D eigenvalue weighted by Crippen LogP contribution is 2.39. The molecule has 1 heterocycles. The second-order valence-electron chi connectivity index (χ2n) is 6.68. The standard InChI is InChI=1S/C21H19N3O2/c1-24(2)11-10-22-21(26)17-12-23-19-18-14(8-5-9-15(17)18)13-6-3-4-7-16(13)20(19)25/h3-9,12H,10-11H2,1-2H3,(H,22,26). The van der Waals surface area contributed by atoms with Gasteiger partial charge in [0.1, 0.15) is 5.69 Å². The summed E-state index contributed by atoms with van der Waals surface area (Å²) < 4.78 is 0. The third kappa shape index (κ3) is 2.57. The summed E-state index contributed by atoms with van der Waals surface area (Å²) in [6.45, 7) is 1.31. The topological polar surface area (TPSA) is 62.3 Å². The van der Waals surface area contributed by atoms with Crippen LogP contribution in [0.4, 0.5) is 0 Å². The number of fused-ring (bicyclic) bond motifs is 2. The Labute approximate surface area is 151 Å². The number of carbonyl (C=O) groups excluding carboxylic acids is 2. The molecule has 0 atom stereocenters. The van der Waals surface area contributed by atoms with Crippen LogP contribution in [-0.2, 0) is 0 Å². The van der Waals surface area contributed by atoms with Crippen molar-refractivity contribution in [3.8, 4) is 11.1 Å². The van der Waals surface area contributed by atoms with Crippen molar-refractivity contribution in [2.75, 3.05) is 27.2 Å². The van der Waals surface area contributed by atoms with E-state index in [-0.39, 0.29) is 11.7 Å². The Hall–Kier alpha value is -3.05. The number of benzene rings is 2. The molecule has 0 aliphatic heterocycles. The van der Waals surface area contributed by atoms with Gasteiger partial charge in [-0.15, -0.1) is 0 Å². The number of rotatable bonds is 4. The molecular weight excluding hydrogens is 326 g/mol. The van der Waals surface area contributed by atoms with Crippen LogP contribution in [0, 0.1) is 0 Å². The van der Waals surface area contributed by atoms with E-state index in [1.165, 1.54) is 6.20 Å². The summed E-state index contributed by atoms with van der Waals surface area (Å²) in [5.41, 5.74) is 3.41. The Kier molecular flexibility index (Phi) is 4.01. The van der Waals surface area contributed by atoms with Crippen molar-refractivity contribution in [1.29, 1.82) is 0 Å². The highest BCUT2D eigenvalue weighted by molar-refractivity contribution is 6.26. The Bertz CT molecular complexity index is 1040. The summed E-state index contributed by atoms with van der Waals surface area (Å²) in [7, 11) is 3.92. The number of carbonyl (C=O) groups is 2. The molecule has 1 aliphatic rings. The zero-order valence-corrected chi connectivity index (χ0v) is 14.7. The average Bonchev–Trinajstić information content (AvgIpc) is 2.65. The molecule has 2 aromatic carbocycles. The van der Waals surface area contributed by atoms with Gasteiger partial charge in [0.05, 0.1) is 5.56 Å². The molecule has 1 amide bonds. The number of aromatic nitrogens is 1. The second kappa shape index (κ2) is 6.35. The van der Waals surface area contributed by atoms with Crippen LogP contribution in [0.2, 0.25) is 0 Å². The van der Waals surface area contributed by atoms with Gasteiger partial charge < -0.3 is 10.2 Å². The Morgan fingerprint density at radius 2 is 1.77 bits per heavy atom. The predicted octanol–water partition coefficient (Wildman–Crippen LogP) is 2.74. The van der Waals surface area contributed by atoms with Gasteiger partial charge in [-0.1, -0.05) is 42.5 Å². The summed E-state index contributed by atoms with van der Waals surface area (Å²) in [6.07, 6.45) is 1.51.